The van der Waals surface area contributed by atoms with E-state index in [0.29, 0.717) is 18.5 Å². The van der Waals surface area contributed by atoms with Crippen molar-refractivity contribution in [1.82, 2.24) is 15.5 Å². The molecule has 0 saturated heterocycles. The number of hydrogen-bond donors (Lipinski definition) is 2. The summed E-state index contributed by atoms with van der Waals surface area (Å²) in [4.78, 5) is 52.1. The zero-order valence-electron chi connectivity index (χ0n) is 22.6. The van der Waals surface area contributed by atoms with E-state index < -0.39 is 35.5 Å². The van der Waals surface area contributed by atoms with Gasteiger partial charge in [0.2, 0.25) is 11.8 Å². The molecule has 0 radical (unpaired) electrons. The third kappa shape index (κ3) is 12.0. The molecule has 0 aliphatic heterocycles. The molecule has 1 aromatic carbocycles. The number of unbranched alkanes of at least 4 members (excludes halogenated alkanes) is 3. The number of amides is 3. The van der Waals surface area contributed by atoms with Crippen LogP contribution in [-0.2, 0) is 23.9 Å². The van der Waals surface area contributed by atoms with Crippen molar-refractivity contribution in [2.24, 2.45) is 0 Å². The van der Waals surface area contributed by atoms with Crippen LogP contribution in [0.4, 0.5) is 4.79 Å². The fourth-order valence-corrected chi connectivity index (χ4v) is 3.60. The first-order chi connectivity index (χ1) is 17.0. The average molecular weight is 506 g/mol. The minimum Gasteiger partial charge on any atom is -0.466 e. The summed E-state index contributed by atoms with van der Waals surface area (Å²) in [6.45, 7) is 11.3. The molecular formula is C27H43N3O6. The molecule has 0 bridgehead atoms. The number of alkyl carbamates (subject to hydrolysis) is 1. The van der Waals surface area contributed by atoms with Gasteiger partial charge in [0.15, 0.2) is 0 Å². The highest BCUT2D eigenvalue weighted by Gasteiger charge is 2.31. The lowest BCUT2D eigenvalue weighted by Crippen LogP contribution is -2.48. The first kappa shape index (κ1) is 30.9. The molecule has 0 spiro atoms. The topological polar surface area (TPSA) is 114 Å². The summed E-state index contributed by atoms with van der Waals surface area (Å²) in [6, 6.07) is 6.50. The Labute approximate surface area is 215 Å². The zero-order valence-corrected chi connectivity index (χ0v) is 22.6. The van der Waals surface area contributed by atoms with E-state index >= 15 is 0 Å². The van der Waals surface area contributed by atoms with Crippen LogP contribution in [0, 0.1) is 6.92 Å². The van der Waals surface area contributed by atoms with Gasteiger partial charge < -0.3 is 25.0 Å². The molecule has 36 heavy (non-hydrogen) atoms. The maximum absolute atomic E-state index is 13.4. The molecule has 3 amide bonds. The minimum absolute atomic E-state index is 0.0325. The fourth-order valence-electron chi connectivity index (χ4n) is 3.60. The average Bonchev–Trinajstić information content (AvgIpc) is 2.78. The summed E-state index contributed by atoms with van der Waals surface area (Å²) in [5, 5.41) is 5.28. The SMILES string of the molecule is CCCCCCN(C(=O)CNC(=O)OC(C)(C)C)C(C(=O)NCCC(=O)OCC)c1cccc(C)c1. The number of nitrogens with one attached hydrogen (secondary N) is 2. The van der Waals surface area contributed by atoms with Gasteiger partial charge in [-0.15, -0.1) is 0 Å². The number of ether oxygens (including phenoxy) is 2. The molecular weight excluding hydrogens is 462 g/mol. The van der Waals surface area contributed by atoms with Gasteiger partial charge in [0, 0.05) is 13.1 Å². The lowest BCUT2D eigenvalue weighted by molar-refractivity contribution is -0.143. The Hall–Kier alpha value is -3.10. The van der Waals surface area contributed by atoms with Crippen molar-refractivity contribution >= 4 is 23.9 Å². The first-order valence-electron chi connectivity index (χ1n) is 12.7. The number of carbonyl (C=O) groups excluding carboxylic acids is 4. The van der Waals surface area contributed by atoms with Crippen molar-refractivity contribution in [2.75, 3.05) is 26.2 Å². The summed E-state index contributed by atoms with van der Waals surface area (Å²) in [5.74, 6) is -1.20. The van der Waals surface area contributed by atoms with E-state index in [2.05, 4.69) is 17.6 Å². The smallest absolute Gasteiger partial charge is 0.408 e. The third-order valence-corrected chi connectivity index (χ3v) is 5.21. The van der Waals surface area contributed by atoms with Crippen LogP contribution in [0.3, 0.4) is 0 Å². The second-order valence-corrected chi connectivity index (χ2v) is 9.67. The Morgan fingerprint density at radius 2 is 1.75 bits per heavy atom. The Balaban J connectivity index is 3.14. The monoisotopic (exact) mass is 505 g/mol. The van der Waals surface area contributed by atoms with E-state index in [1.807, 2.05) is 25.1 Å². The molecule has 202 valence electrons. The molecule has 2 N–H and O–H groups in total. The van der Waals surface area contributed by atoms with Gasteiger partial charge in [-0.25, -0.2) is 4.79 Å². The predicted molar refractivity (Wildman–Crippen MR) is 138 cm³/mol. The highest BCUT2D eigenvalue weighted by Crippen LogP contribution is 2.23. The second kappa shape index (κ2) is 15.8. The predicted octanol–water partition coefficient (Wildman–Crippen LogP) is 4.04. The Morgan fingerprint density at radius 1 is 1.03 bits per heavy atom. The van der Waals surface area contributed by atoms with Crippen LogP contribution < -0.4 is 10.6 Å². The van der Waals surface area contributed by atoms with E-state index in [9.17, 15) is 19.2 Å². The highest BCUT2D eigenvalue weighted by molar-refractivity contribution is 5.90. The van der Waals surface area contributed by atoms with Crippen molar-refractivity contribution in [2.45, 2.75) is 85.3 Å². The quantitative estimate of drug-likeness (QED) is 0.291. The molecule has 1 rings (SSSR count). The van der Waals surface area contributed by atoms with E-state index in [1.165, 1.54) is 4.90 Å². The fraction of sp³-hybridized carbons (Fsp3) is 0.630. The van der Waals surface area contributed by atoms with Crippen LogP contribution in [0.1, 0.15) is 83.9 Å². The van der Waals surface area contributed by atoms with Gasteiger partial charge in [-0.1, -0.05) is 56.0 Å². The highest BCUT2D eigenvalue weighted by atomic mass is 16.6. The van der Waals surface area contributed by atoms with E-state index in [0.717, 1.165) is 24.8 Å². The molecule has 9 nitrogen and oxygen atoms in total. The van der Waals surface area contributed by atoms with Gasteiger partial charge in [0.05, 0.1) is 13.0 Å². The van der Waals surface area contributed by atoms with Gasteiger partial charge in [0.1, 0.15) is 18.2 Å². The molecule has 0 saturated carbocycles. The van der Waals surface area contributed by atoms with Gasteiger partial charge in [0.25, 0.3) is 0 Å². The number of carbonyl (C=O) groups is 4. The number of hydrogen-bond acceptors (Lipinski definition) is 6. The van der Waals surface area contributed by atoms with Crippen molar-refractivity contribution in [3.8, 4) is 0 Å². The molecule has 1 aromatic rings. The summed E-state index contributed by atoms with van der Waals surface area (Å²) in [7, 11) is 0. The summed E-state index contributed by atoms with van der Waals surface area (Å²) >= 11 is 0. The lowest BCUT2D eigenvalue weighted by atomic mass is 10.0. The minimum atomic E-state index is -0.915. The third-order valence-electron chi connectivity index (χ3n) is 5.21. The van der Waals surface area contributed by atoms with E-state index in [-0.39, 0.29) is 26.1 Å². The Kier molecular flexibility index (Phi) is 13.6. The Bertz CT molecular complexity index is 865. The number of esters is 1. The maximum Gasteiger partial charge on any atom is 0.408 e. The molecule has 0 aliphatic carbocycles. The molecule has 0 heterocycles. The van der Waals surface area contributed by atoms with E-state index in [1.54, 1.807) is 33.8 Å². The normalized spacial score (nSPS) is 11.8. The second-order valence-electron chi connectivity index (χ2n) is 9.67. The Morgan fingerprint density at radius 3 is 2.36 bits per heavy atom. The van der Waals surface area contributed by atoms with Crippen LogP contribution in [0.15, 0.2) is 24.3 Å². The summed E-state index contributed by atoms with van der Waals surface area (Å²) in [6.07, 6.45) is 3.00. The van der Waals surface area contributed by atoms with Gasteiger partial charge in [-0.3, -0.25) is 14.4 Å². The van der Waals surface area contributed by atoms with Crippen LogP contribution in [-0.4, -0.2) is 60.6 Å². The van der Waals surface area contributed by atoms with E-state index in [4.69, 9.17) is 9.47 Å². The standard InChI is InChI=1S/C27H43N3O6/c1-7-9-10-11-17-30(22(31)19-29-26(34)36-27(4,5)6)24(21-14-12-13-20(3)18-21)25(33)28-16-15-23(32)35-8-2/h12-14,18,24H,7-11,15-17,19H2,1-6H3,(H,28,33)(H,29,34). The molecule has 0 aliphatic rings. The molecule has 0 aromatic heterocycles. The molecule has 1 atom stereocenters. The van der Waals surface area contributed by atoms with Crippen LogP contribution in [0.2, 0.25) is 0 Å². The largest absolute Gasteiger partial charge is 0.466 e. The zero-order chi connectivity index (χ0) is 27.1. The first-order valence-corrected chi connectivity index (χ1v) is 12.7. The van der Waals surface area contributed by atoms with Crippen LogP contribution >= 0.6 is 0 Å². The number of rotatable bonds is 14. The van der Waals surface area contributed by atoms with Crippen LogP contribution in [0.25, 0.3) is 0 Å². The van der Waals surface area contributed by atoms with Crippen molar-refractivity contribution in [1.29, 1.82) is 0 Å². The van der Waals surface area contributed by atoms with Crippen molar-refractivity contribution in [3.05, 3.63) is 35.4 Å². The van der Waals surface area contributed by atoms with Gasteiger partial charge in [-0.05, 0) is 46.6 Å². The maximum atomic E-state index is 13.4. The molecule has 9 heteroatoms. The number of aryl methyl sites for hydroxylation is 1. The van der Waals surface area contributed by atoms with Crippen molar-refractivity contribution in [3.63, 3.8) is 0 Å². The van der Waals surface area contributed by atoms with Crippen LogP contribution in [0.5, 0.6) is 0 Å². The molecule has 1 unspecified atom stereocenters. The molecule has 0 fully saturated rings. The van der Waals surface area contributed by atoms with Gasteiger partial charge in [-0.2, -0.15) is 0 Å². The van der Waals surface area contributed by atoms with Crippen molar-refractivity contribution < 1.29 is 28.7 Å². The number of nitrogens with zero attached hydrogens (tertiary/aromatic N) is 1. The number of benzene rings is 1. The van der Waals surface area contributed by atoms with Gasteiger partial charge >= 0.3 is 12.1 Å². The summed E-state index contributed by atoms with van der Waals surface area (Å²) in [5.41, 5.74) is 0.905. The summed E-state index contributed by atoms with van der Waals surface area (Å²) < 4.78 is 10.2. The lowest BCUT2D eigenvalue weighted by Gasteiger charge is -2.32.